The first-order valence-corrected chi connectivity index (χ1v) is 12.2. The molecule has 1 saturated carbocycles. The lowest BCUT2D eigenvalue weighted by Gasteiger charge is -2.26. The third-order valence-corrected chi connectivity index (χ3v) is 7.15. The number of aromatic nitrogens is 3. The molecule has 1 saturated heterocycles. The summed E-state index contributed by atoms with van der Waals surface area (Å²) in [6.07, 6.45) is 6.10. The predicted octanol–water partition coefficient (Wildman–Crippen LogP) is 3.45. The molecule has 4 heterocycles. The maximum atomic E-state index is 13.0. The molecule has 0 unspecified atom stereocenters. The molecule has 1 aliphatic carbocycles. The van der Waals surface area contributed by atoms with E-state index in [0.717, 1.165) is 72.6 Å². The van der Waals surface area contributed by atoms with Crippen molar-refractivity contribution < 1.29 is 9.53 Å². The van der Waals surface area contributed by atoms with E-state index in [2.05, 4.69) is 32.1 Å². The molecule has 0 radical (unpaired) electrons. The van der Waals surface area contributed by atoms with Crippen LogP contribution in [0.1, 0.15) is 28.9 Å². The summed E-state index contributed by atoms with van der Waals surface area (Å²) < 4.78 is 7.69. The number of hydrogen-bond acceptors (Lipinski definition) is 6. The number of amides is 1. The molecule has 2 fully saturated rings. The summed E-state index contributed by atoms with van der Waals surface area (Å²) in [5, 5.41) is 6.18. The zero-order chi connectivity index (χ0) is 21.9. The molecule has 7 nitrogen and oxygen atoms in total. The Hall–Kier alpha value is -2.55. The van der Waals surface area contributed by atoms with Gasteiger partial charge in [-0.15, -0.1) is 11.3 Å². The van der Waals surface area contributed by atoms with Crippen LogP contribution in [0.4, 0.5) is 0 Å². The molecule has 32 heavy (non-hydrogen) atoms. The number of nitrogens with zero attached hydrogens (tertiary/aromatic N) is 4. The molecule has 3 aromatic rings. The lowest BCUT2D eigenvalue weighted by molar-refractivity contribution is 0.0383. The van der Waals surface area contributed by atoms with Crippen LogP contribution < -0.4 is 5.32 Å². The van der Waals surface area contributed by atoms with Gasteiger partial charge in [0.25, 0.3) is 5.91 Å². The number of pyridine rings is 1. The molecule has 168 valence electrons. The number of hydrogen-bond donors (Lipinski definition) is 1. The largest absolute Gasteiger partial charge is 0.379 e. The van der Waals surface area contributed by atoms with Crippen LogP contribution in [0.2, 0.25) is 0 Å². The average molecular weight is 452 g/mol. The van der Waals surface area contributed by atoms with E-state index in [9.17, 15) is 4.79 Å². The fourth-order valence-electron chi connectivity index (χ4n) is 4.15. The summed E-state index contributed by atoms with van der Waals surface area (Å²) in [5.41, 5.74) is 4.80. The van der Waals surface area contributed by atoms with Crippen molar-refractivity contribution in [2.75, 3.05) is 39.4 Å². The Labute approximate surface area is 192 Å². The van der Waals surface area contributed by atoms with Crippen molar-refractivity contribution in [1.82, 2.24) is 24.8 Å². The van der Waals surface area contributed by atoms with E-state index >= 15 is 0 Å². The highest BCUT2D eigenvalue weighted by atomic mass is 32.1. The SMILES string of the molecule is Cc1c(C(=O)NCCN2CCOCC2)cc(-c2csc(-c3ccncc3)n2)n1CC1CC1. The maximum Gasteiger partial charge on any atom is 0.253 e. The molecule has 0 spiro atoms. The van der Waals surface area contributed by atoms with Crippen LogP contribution in [0.15, 0.2) is 36.0 Å². The van der Waals surface area contributed by atoms with Gasteiger partial charge in [0.1, 0.15) is 5.01 Å². The van der Waals surface area contributed by atoms with Gasteiger partial charge in [0.2, 0.25) is 0 Å². The second kappa shape index (κ2) is 9.52. The van der Waals surface area contributed by atoms with Crippen LogP contribution in [0.5, 0.6) is 0 Å². The van der Waals surface area contributed by atoms with Crippen molar-refractivity contribution in [2.24, 2.45) is 5.92 Å². The number of ether oxygens (including phenoxy) is 1. The Morgan fingerprint density at radius 2 is 2.03 bits per heavy atom. The molecular formula is C24H29N5O2S. The molecular weight excluding hydrogens is 422 g/mol. The number of carbonyl (C=O) groups is 1. The van der Waals surface area contributed by atoms with Crippen molar-refractivity contribution in [1.29, 1.82) is 0 Å². The van der Waals surface area contributed by atoms with E-state index in [1.165, 1.54) is 12.8 Å². The number of rotatable bonds is 8. The van der Waals surface area contributed by atoms with Crippen molar-refractivity contribution in [2.45, 2.75) is 26.3 Å². The summed E-state index contributed by atoms with van der Waals surface area (Å²) in [4.78, 5) is 24.4. The second-order valence-corrected chi connectivity index (χ2v) is 9.42. The topological polar surface area (TPSA) is 72.3 Å². The van der Waals surface area contributed by atoms with Crippen molar-refractivity contribution in [3.8, 4) is 22.0 Å². The predicted molar refractivity (Wildman–Crippen MR) is 126 cm³/mol. The fraction of sp³-hybridized carbons (Fsp3) is 0.458. The number of thiazole rings is 1. The van der Waals surface area contributed by atoms with Crippen LogP contribution in [-0.2, 0) is 11.3 Å². The lowest BCUT2D eigenvalue weighted by Crippen LogP contribution is -2.41. The summed E-state index contributed by atoms with van der Waals surface area (Å²) in [5.74, 6) is 0.700. The van der Waals surface area contributed by atoms with Crippen molar-refractivity contribution >= 4 is 17.2 Å². The summed E-state index contributed by atoms with van der Waals surface area (Å²) in [7, 11) is 0. The van der Waals surface area contributed by atoms with Crippen LogP contribution in [0.3, 0.4) is 0 Å². The Morgan fingerprint density at radius 3 is 2.78 bits per heavy atom. The molecule has 2 aliphatic rings. The molecule has 1 aliphatic heterocycles. The summed E-state index contributed by atoms with van der Waals surface area (Å²) >= 11 is 1.63. The summed E-state index contributed by atoms with van der Waals surface area (Å²) in [6, 6.07) is 5.97. The molecule has 1 N–H and O–H groups in total. The maximum absolute atomic E-state index is 13.0. The molecule has 5 rings (SSSR count). The Morgan fingerprint density at radius 1 is 1.25 bits per heavy atom. The zero-order valence-corrected chi connectivity index (χ0v) is 19.2. The van der Waals surface area contributed by atoms with E-state index in [1.807, 2.05) is 18.2 Å². The Bertz CT molecular complexity index is 1070. The first-order chi connectivity index (χ1) is 15.7. The van der Waals surface area contributed by atoms with Gasteiger partial charge in [-0.2, -0.15) is 0 Å². The first-order valence-electron chi connectivity index (χ1n) is 11.3. The van der Waals surface area contributed by atoms with Crippen molar-refractivity contribution in [3.63, 3.8) is 0 Å². The molecule has 1 amide bonds. The number of morpholine rings is 1. The third kappa shape index (κ3) is 4.77. The van der Waals surface area contributed by atoms with Gasteiger partial charge in [0.15, 0.2) is 0 Å². The van der Waals surface area contributed by atoms with E-state index in [0.29, 0.717) is 12.5 Å². The van der Waals surface area contributed by atoms with Crippen molar-refractivity contribution in [3.05, 3.63) is 47.2 Å². The van der Waals surface area contributed by atoms with E-state index in [1.54, 1.807) is 23.7 Å². The van der Waals surface area contributed by atoms with E-state index in [-0.39, 0.29) is 5.91 Å². The van der Waals surface area contributed by atoms with Gasteiger partial charge in [-0.25, -0.2) is 4.98 Å². The van der Waals surface area contributed by atoms with Crippen LogP contribution >= 0.6 is 11.3 Å². The van der Waals surface area contributed by atoms with Gasteiger partial charge in [0, 0.05) is 61.8 Å². The number of carbonyl (C=O) groups excluding carboxylic acids is 1. The number of nitrogens with one attached hydrogen (secondary N) is 1. The van der Waals surface area contributed by atoms with Gasteiger partial charge >= 0.3 is 0 Å². The van der Waals surface area contributed by atoms with Gasteiger partial charge < -0.3 is 14.6 Å². The average Bonchev–Trinajstić information content (AvgIpc) is 3.41. The summed E-state index contributed by atoms with van der Waals surface area (Å²) in [6.45, 7) is 7.91. The second-order valence-electron chi connectivity index (χ2n) is 8.57. The normalized spacial score (nSPS) is 16.9. The van der Waals surface area contributed by atoms with Crippen LogP contribution in [0.25, 0.3) is 22.0 Å². The molecule has 0 atom stereocenters. The first kappa shape index (κ1) is 21.3. The van der Waals surface area contributed by atoms with Crippen LogP contribution in [0, 0.1) is 12.8 Å². The molecule has 0 aromatic carbocycles. The Balaban J connectivity index is 1.35. The highest BCUT2D eigenvalue weighted by molar-refractivity contribution is 7.13. The smallest absolute Gasteiger partial charge is 0.253 e. The van der Waals surface area contributed by atoms with E-state index < -0.39 is 0 Å². The zero-order valence-electron chi connectivity index (χ0n) is 18.4. The fourth-order valence-corrected chi connectivity index (χ4v) is 4.97. The highest BCUT2D eigenvalue weighted by Crippen LogP contribution is 2.36. The van der Waals surface area contributed by atoms with Gasteiger partial charge in [-0.3, -0.25) is 14.7 Å². The monoisotopic (exact) mass is 451 g/mol. The minimum Gasteiger partial charge on any atom is -0.379 e. The van der Waals surface area contributed by atoms with Gasteiger partial charge in [0.05, 0.1) is 30.2 Å². The lowest BCUT2D eigenvalue weighted by atomic mass is 10.2. The van der Waals surface area contributed by atoms with Crippen LogP contribution in [-0.4, -0.2) is 64.7 Å². The highest BCUT2D eigenvalue weighted by Gasteiger charge is 2.27. The molecule has 0 bridgehead atoms. The quantitative estimate of drug-likeness (QED) is 0.568. The Kier molecular flexibility index (Phi) is 6.34. The standard InChI is InChI=1S/C24H29N5O2S/c1-17-20(23(30)26-8-9-28-10-12-31-13-11-28)14-22(29(17)15-18-2-3-18)21-16-32-24(27-21)19-4-6-25-7-5-19/h4-7,14,16,18H,2-3,8-13,15H2,1H3,(H,26,30). The minimum atomic E-state index is -0.00357. The third-order valence-electron chi connectivity index (χ3n) is 6.26. The van der Waals surface area contributed by atoms with Gasteiger partial charge in [-0.05, 0) is 43.9 Å². The van der Waals surface area contributed by atoms with Gasteiger partial charge in [-0.1, -0.05) is 0 Å². The minimum absolute atomic E-state index is 0.00357. The van der Waals surface area contributed by atoms with E-state index in [4.69, 9.17) is 9.72 Å². The molecule has 3 aromatic heterocycles. The molecule has 8 heteroatoms.